The minimum Gasteiger partial charge on any atom is -0.458 e. The van der Waals surface area contributed by atoms with Crippen molar-refractivity contribution in [3.63, 3.8) is 0 Å². The van der Waals surface area contributed by atoms with Crippen LogP contribution in [0.5, 0.6) is 0 Å². The molecule has 4 heterocycles. The van der Waals surface area contributed by atoms with E-state index in [1.165, 1.54) is 7.11 Å². The van der Waals surface area contributed by atoms with Gasteiger partial charge in [-0.1, -0.05) is 6.92 Å². The van der Waals surface area contributed by atoms with E-state index in [2.05, 4.69) is 6.92 Å². The van der Waals surface area contributed by atoms with Crippen molar-refractivity contribution in [1.82, 2.24) is 0 Å². The molecule has 0 radical (unpaired) electrons. The fourth-order valence-corrected chi connectivity index (χ4v) is 12.9. The molecule has 0 spiro atoms. The Hall–Kier alpha value is -1.76. The zero-order chi connectivity index (χ0) is 43.8. The van der Waals surface area contributed by atoms with Crippen molar-refractivity contribution < 1.29 is 93.4 Å². The fraction of sp³-hybridized carbons (Fsp3) is 0.905. The van der Waals surface area contributed by atoms with Gasteiger partial charge < -0.3 is 88.6 Å². The lowest BCUT2D eigenvalue weighted by Crippen LogP contribution is -2.69. The number of carbonyl (C=O) groups excluding carboxylic acids is 2. The van der Waals surface area contributed by atoms with Gasteiger partial charge in [-0.3, -0.25) is 0 Å². The Bertz CT molecular complexity index is 1630. The first-order valence-corrected chi connectivity index (χ1v) is 21.8. The minimum absolute atomic E-state index is 0.00485. The highest BCUT2D eigenvalue weighted by Gasteiger charge is 2.71. The molecular weight excluding hydrogens is 808 g/mol. The zero-order valence-electron chi connectivity index (χ0n) is 34.8. The van der Waals surface area contributed by atoms with Crippen LogP contribution < -0.4 is 0 Å². The van der Waals surface area contributed by atoms with E-state index < -0.39 is 127 Å². The topological polar surface area (TPSA) is 290 Å². The summed E-state index contributed by atoms with van der Waals surface area (Å²) in [5.74, 6) is -0.767. The third-order valence-electron chi connectivity index (χ3n) is 16.3. The largest absolute Gasteiger partial charge is 0.458 e. The van der Waals surface area contributed by atoms with Gasteiger partial charge in [0.1, 0.15) is 67.8 Å². The average molecular weight is 873 g/mol. The highest BCUT2D eigenvalue weighted by Crippen LogP contribution is 2.70. The highest BCUT2D eigenvalue weighted by atomic mass is 16.8. The molecule has 8 rings (SSSR count). The summed E-state index contributed by atoms with van der Waals surface area (Å²) in [6.07, 6.45) is -12.2. The van der Waals surface area contributed by atoms with Crippen LogP contribution in [-0.2, 0) is 47.5 Å². The van der Waals surface area contributed by atoms with Gasteiger partial charge in [0.15, 0.2) is 18.9 Å². The lowest BCUT2D eigenvalue weighted by Gasteiger charge is -2.65. The molecule has 7 fully saturated rings. The molecule has 0 aromatic rings. The maximum absolute atomic E-state index is 13.3. The van der Waals surface area contributed by atoms with Gasteiger partial charge in [0.25, 0.3) is 0 Å². The van der Waals surface area contributed by atoms with Crippen LogP contribution in [0.3, 0.4) is 0 Å². The molecular formula is C42H64O19. The van der Waals surface area contributed by atoms with Crippen LogP contribution in [0.25, 0.3) is 0 Å². The smallest absolute Gasteiger partial charge is 0.331 e. The number of carbonyl (C=O) groups is 2. The molecule has 4 saturated carbocycles. The second kappa shape index (κ2) is 17.2. The highest BCUT2D eigenvalue weighted by molar-refractivity contribution is 5.85. The molecule has 61 heavy (non-hydrogen) atoms. The third kappa shape index (κ3) is 7.55. The van der Waals surface area contributed by atoms with Crippen molar-refractivity contribution in [1.29, 1.82) is 0 Å². The standard InChI is InChI=1S/C42H64O19/c1-19-36(61-38-35(51)33(49)31(47)27(60-38)17-56-37-34(50)32(48)30(46)26(15-43)59-37)25(54-3)13-29(57-19)58-21-4-9-40(18-44)23-5-8-39(2)22(20-12-28(45)55-16-20)7-11-42(39,53)24(23)6-10-41(40,52)14-21/h12,18-19,21-27,29-38,43,46-53H,4-11,13-17H2,1-3H3/t19-,21-,22-,23-,24+,25+,26-,27+,29+,30-,31+,32+,33-,34-,35+,36-,37-,38-,39+,40-,41-,42-/m0/s1. The van der Waals surface area contributed by atoms with Gasteiger partial charge in [0.2, 0.25) is 0 Å². The number of hydrogen-bond acceptors (Lipinski definition) is 19. The normalized spacial score (nSPS) is 53.6. The van der Waals surface area contributed by atoms with Gasteiger partial charge >= 0.3 is 5.97 Å². The molecule has 346 valence electrons. The first-order chi connectivity index (χ1) is 28.9. The SMILES string of the molecule is CO[C@@H]1C[C@@H](O[C@H]2CC[C@]3(C=O)[C@H]4CC[C@]5(C)[C@H](C6=CC(=O)OC6)CC[C@]5(O)[C@@H]4CC[C@]3(O)C2)O[C@@H](C)[C@@H]1O[C@@H]1O[C@H](CO[C@H]2O[C@@H](CO)[C@H](O)[C@@H](O)[C@@H]2O)[C@@H](O)[C@H](O)[C@H]1O. The molecule has 3 saturated heterocycles. The summed E-state index contributed by atoms with van der Waals surface area (Å²) in [5, 5.41) is 97.4. The minimum atomic E-state index is -1.75. The molecule has 4 aliphatic carbocycles. The Morgan fingerprint density at radius 1 is 0.820 bits per heavy atom. The number of esters is 1. The Kier molecular flexibility index (Phi) is 12.9. The summed E-state index contributed by atoms with van der Waals surface area (Å²) in [4.78, 5) is 25.3. The Morgan fingerprint density at radius 2 is 1.51 bits per heavy atom. The van der Waals surface area contributed by atoms with Crippen LogP contribution in [0, 0.1) is 28.6 Å². The lowest BCUT2D eigenvalue weighted by molar-refractivity contribution is -0.355. The van der Waals surface area contributed by atoms with Crippen molar-refractivity contribution in [3.8, 4) is 0 Å². The number of aliphatic hydroxyl groups excluding tert-OH is 7. The molecule has 8 aliphatic rings. The molecule has 9 N–H and O–H groups in total. The summed E-state index contributed by atoms with van der Waals surface area (Å²) in [7, 11) is 1.47. The van der Waals surface area contributed by atoms with Crippen LogP contribution in [0.15, 0.2) is 11.6 Å². The van der Waals surface area contributed by atoms with Crippen LogP contribution >= 0.6 is 0 Å². The molecule has 22 atom stereocenters. The van der Waals surface area contributed by atoms with E-state index in [9.17, 15) is 55.5 Å². The van der Waals surface area contributed by atoms with Crippen molar-refractivity contribution in [2.24, 2.45) is 28.6 Å². The second-order valence-electron chi connectivity index (χ2n) is 19.2. The first-order valence-electron chi connectivity index (χ1n) is 21.8. The first kappa shape index (κ1) is 45.8. The average Bonchev–Trinajstić information content (AvgIpc) is 3.79. The Balaban J connectivity index is 0.886. The Labute approximate surface area is 353 Å². The number of aliphatic hydroxyl groups is 9. The predicted octanol–water partition coefficient (Wildman–Crippen LogP) is -1.92. The van der Waals surface area contributed by atoms with E-state index in [4.69, 9.17) is 37.9 Å². The van der Waals surface area contributed by atoms with Crippen LogP contribution in [0.1, 0.15) is 78.1 Å². The third-order valence-corrected chi connectivity index (χ3v) is 16.3. The number of methoxy groups -OCH3 is 1. The molecule has 19 nitrogen and oxygen atoms in total. The van der Waals surface area contributed by atoms with Gasteiger partial charge in [0, 0.05) is 31.4 Å². The molecule has 0 amide bonds. The summed E-state index contributed by atoms with van der Waals surface area (Å²) in [6.45, 7) is 2.86. The van der Waals surface area contributed by atoms with Crippen molar-refractivity contribution in [2.45, 2.75) is 181 Å². The molecule has 4 aliphatic heterocycles. The zero-order valence-corrected chi connectivity index (χ0v) is 34.8. The number of fused-ring (bicyclic) bond motifs is 5. The summed E-state index contributed by atoms with van der Waals surface area (Å²) in [5.41, 5.74) is -3.06. The van der Waals surface area contributed by atoms with Gasteiger partial charge in [0.05, 0.1) is 48.1 Å². The van der Waals surface area contributed by atoms with Crippen molar-refractivity contribution >= 4 is 12.3 Å². The van der Waals surface area contributed by atoms with Gasteiger partial charge in [-0.05, 0) is 81.6 Å². The van der Waals surface area contributed by atoms with E-state index in [1.54, 1.807) is 13.0 Å². The molecule has 19 heteroatoms. The number of rotatable bonds is 11. The fourth-order valence-electron chi connectivity index (χ4n) is 12.9. The van der Waals surface area contributed by atoms with Gasteiger partial charge in [-0.2, -0.15) is 0 Å². The van der Waals surface area contributed by atoms with Crippen LogP contribution in [0.4, 0.5) is 0 Å². The maximum atomic E-state index is 13.3. The van der Waals surface area contributed by atoms with E-state index >= 15 is 0 Å². The Morgan fingerprint density at radius 3 is 2.18 bits per heavy atom. The molecule has 0 unspecified atom stereocenters. The molecule has 0 aromatic carbocycles. The maximum Gasteiger partial charge on any atom is 0.331 e. The van der Waals surface area contributed by atoms with Crippen LogP contribution in [0.2, 0.25) is 0 Å². The van der Waals surface area contributed by atoms with Crippen LogP contribution in [-0.4, -0.2) is 188 Å². The molecule has 0 bridgehead atoms. The number of ether oxygens (including phenoxy) is 8. The van der Waals surface area contributed by atoms with E-state index in [0.29, 0.717) is 44.9 Å². The predicted molar refractivity (Wildman–Crippen MR) is 203 cm³/mol. The van der Waals surface area contributed by atoms with E-state index in [1.807, 2.05) is 0 Å². The number of hydrogen-bond donors (Lipinski definition) is 9. The van der Waals surface area contributed by atoms with Crippen molar-refractivity contribution in [3.05, 3.63) is 11.6 Å². The summed E-state index contributed by atoms with van der Waals surface area (Å²) in [6, 6.07) is 0. The van der Waals surface area contributed by atoms with Gasteiger partial charge in [-0.25, -0.2) is 4.79 Å². The second-order valence-corrected chi connectivity index (χ2v) is 19.2. The monoisotopic (exact) mass is 872 g/mol. The van der Waals surface area contributed by atoms with E-state index in [-0.39, 0.29) is 43.2 Å². The summed E-state index contributed by atoms with van der Waals surface area (Å²) >= 11 is 0. The quantitative estimate of drug-likeness (QED) is 0.0622. The van der Waals surface area contributed by atoms with Crippen molar-refractivity contribution in [2.75, 3.05) is 26.9 Å². The molecule has 0 aromatic heterocycles. The number of aldehydes is 1. The van der Waals surface area contributed by atoms with E-state index in [0.717, 1.165) is 18.3 Å². The lowest BCUT2D eigenvalue weighted by atomic mass is 9.41. The van der Waals surface area contributed by atoms with Gasteiger partial charge in [-0.15, -0.1) is 0 Å². The summed E-state index contributed by atoms with van der Waals surface area (Å²) < 4.78 is 46.7. The number of cyclic esters (lactones) is 1.